The van der Waals surface area contributed by atoms with E-state index in [-0.39, 0.29) is 0 Å². The molecule has 1 aromatic rings. The molecule has 1 aromatic carbocycles. The molecule has 19 heavy (non-hydrogen) atoms. The molecule has 0 saturated heterocycles. The van der Waals surface area contributed by atoms with E-state index < -0.39 is 11.7 Å². The van der Waals surface area contributed by atoms with E-state index in [0.717, 1.165) is 11.3 Å². The SMILES string of the molecule is C=C(C)CN(C(=O)OC(C)(C)C)c1ccc(Cl)cc1. The van der Waals surface area contributed by atoms with Gasteiger partial charge in [0.25, 0.3) is 0 Å². The number of hydrogen-bond donors (Lipinski definition) is 0. The maximum atomic E-state index is 12.2. The van der Waals surface area contributed by atoms with Crippen molar-refractivity contribution in [3.8, 4) is 0 Å². The summed E-state index contributed by atoms with van der Waals surface area (Å²) in [5, 5.41) is 0.628. The number of nitrogens with zero attached hydrogens (tertiary/aromatic N) is 1. The van der Waals surface area contributed by atoms with E-state index in [1.54, 1.807) is 29.2 Å². The molecule has 0 fully saturated rings. The molecule has 0 aliphatic heterocycles. The zero-order valence-corrected chi connectivity index (χ0v) is 12.6. The molecule has 0 spiro atoms. The van der Waals surface area contributed by atoms with Crippen LogP contribution in [0.4, 0.5) is 10.5 Å². The van der Waals surface area contributed by atoms with Gasteiger partial charge < -0.3 is 4.74 Å². The third-order valence-corrected chi connectivity index (χ3v) is 2.43. The Hall–Kier alpha value is -1.48. The number of benzene rings is 1. The molecule has 104 valence electrons. The van der Waals surface area contributed by atoms with Crippen LogP contribution in [0.15, 0.2) is 36.4 Å². The maximum Gasteiger partial charge on any atom is 0.415 e. The summed E-state index contributed by atoms with van der Waals surface area (Å²) >= 11 is 5.86. The van der Waals surface area contributed by atoms with Crippen LogP contribution in [0.2, 0.25) is 5.02 Å². The average molecular weight is 282 g/mol. The van der Waals surface area contributed by atoms with Gasteiger partial charge in [0.2, 0.25) is 0 Å². The minimum absolute atomic E-state index is 0.391. The Bertz CT molecular complexity index is 460. The first-order valence-corrected chi connectivity index (χ1v) is 6.47. The molecule has 0 saturated carbocycles. The fourth-order valence-corrected chi connectivity index (χ4v) is 1.60. The Morgan fingerprint density at radius 1 is 1.32 bits per heavy atom. The lowest BCUT2D eigenvalue weighted by atomic mass is 10.2. The summed E-state index contributed by atoms with van der Waals surface area (Å²) in [7, 11) is 0. The lowest BCUT2D eigenvalue weighted by Gasteiger charge is -2.27. The average Bonchev–Trinajstić information content (AvgIpc) is 2.24. The number of halogens is 1. The van der Waals surface area contributed by atoms with Crippen molar-refractivity contribution >= 4 is 23.4 Å². The Balaban J connectivity index is 2.97. The normalized spacial score (nSPS) is 11.0. The van der Waals surface area contributed by atoms with Gasteiger partial charge in [-0.15, -0.1) is 0 Å². The minimum atomic E-state index is -0.531. The molecule has 0 atom stereocenters. The monoisotopic (exact) mass is 281 g/mol. The van der Waals surface area contributed by atoms with Gasteiger partial charge in [-0.2, -0.15) is 0 Å². The second-order valence-electron chi connectivity index (χ2n) is 5.50. The Morgan fingerprint density at radius 2 is 1.84 bits per heavy atom. The number of rotatable bonds is 3. The van der Waals surface area contributed by atoms with Crippen LogP contribution in [0.25, 0.3) is 0 Å². The largest absolute Gasteiger partial charge is 0.443 e. The van der Waals surface area contributed by atoms with Crippen LogP contribution in [0.3, 0.4) is 0 Å². The van der Waals surface area contributed by atoms with Gasteiger partial charge in [-0.05, 0) is 52.0 Å². The summed E-state index contributed by atoms with van der Waals surface area (Å²) in [6.07, 6.45) is -0.391. The first-order chi connectivity index (χ1) is 8.69. The zero-order valence-electron chi connectivity index (χ0n) is 11.9. The highest BCUT2D eigenvalue weighted by Crippen LogP contribution is 2.21. The molecule has 1 amide bonds. The fraction of sp³-hybridized carbons (Fsp3) is 0.400. The van der Waals surface area contributed by atoms with Gasteiger partial charge in [-0.25, -0.2) is 4.79 Å². The summed E-state index contributed by atoms with van der Waals surface area (Å²) in [6, 6.07) is 7.06. The van der Waals surface area contributed by atoms with E-state index in [2.05, 4.69) is 6.58 Å². The van der Waals surface area contributed by atoms with Crippen molar-refractivity contribution in [2.45, 2.75) is 33.3 Å². The summed E-state index contributed by atoms with van der Waals surface area (Å²) in [6.45, 7) is 11.6. The van der Waals surface area contributed by atoms with E-state index in [4.69, 9.17) is 16.3 Å². The third kappa shape index (κ3) is 5.35. The number of ether oxygens (including phenoxy) is 1. The molecular formula is C15H20ClNO2. The lowest BCUT2D eigenvalue weighted by molar-refractivity contribution is 0.0583. The molecule has 0 aliphatic rings. The molecular weight excluding hydrogens is 262 g/mol. The zero-order chi connectivity index (χ0) is 14.6. The first-order valence-electron chi connectivity index (χ1n) is 6.09. The van der Waals surface area contributed by atoms with Gasteiger partial charge in [-0.1, -0.05) is 23.8 Å². The molecule has 3 nitrogen and oxygen atoms in total. The summed E-state index contributed by atoms with van der Waals surface area (Å²) in [5.41, 5.74) is 1.08. The highest BCUT2D eigenvalue weighted by atomic mass is 35.5. The fourth-order valence-electron chi connectivity index (χ4n) is 1.47. The number of carbonyl (C=O) groups excluding carboxylic acids is 1. The molecule has 1 rings (SSSR count). The maximum absolute atomic E-state index is 12.2. The van der Waals surface area contributed by atoms with Gasteiger partial charge in [0, 0.05) is 17.3 Å². The van der Waals surface area contributed by atoms with E-state index >= 15 is 0 Å². The highest BCUT2D eigenvalue weighted by Gasteiger charge is 2.23. The summed E-state index contributed by atoms with van der Waals surface area (Å²) in [4.78, 5) is 13.8. The molecule has 0 bridgehead atoms. The molecule has 0 N–H and O–H groups in total. The van der Waals surface area contributed by atoms with Crippen molar-refractivity contribution in [1.82, 2.24) is 0 Å². The predicted molar refractivity (Wildman–Crippen MR) is 79.8 cm³/mol. The smallest absolute Gasteiger partial charge is 0.415 e. The van der Waals surface area contributed by atoms with Crippen molar-refractivity contribution in [3.63, 3.8) is 0 Å². The Kier molecular flexibility index (Phi) is 5.01. The van der Waals surface area contributed by atoms with Crippen molar-refractivity contribution in [3.05, 3.63) is 41.4 Å². The van der Waals surface area contributed by atoms with E-state index in [9.17, 15) is 4.79 Å². The van der Waals surface area contributed by atoms with Crippen LogP contribution < -0.4 is 4.90 Å². The molecule has 0 heterocycles. The number of carbonyl (C=O) groups is 1. The van der Waals surface area contributed by atoms with Crippen LogP contribution in [0.1, 0.15) is 27.7 Å². The molecule has 0 aliphatic carbocycles. The predicted octanol–water partition coefficient (Wildman–Crippen LogP) is 4.66. The van der Waals surface area contributed by atoms with Gasteiger partial charge in [0.1, 0.15) is 5.60 Å². The number of hydrogen-bond acceptors (Lipinski definition) is 2. The third-order valence-electron chi connectivity index (χ3n) is 2.18. The van der Waals surface area contributed by atoms with Crippen molar-refractivity contribution in [1.29, 1.82) is 0 Å². The molecule has 4 heteroatoms. The highest BCUT2D eigenvalue weighted by molar-refractivity contribution is 6.30. The standard InChI is InChI=1S/C15H20ClNO2/c1-11(2)10-17(14(18)19-15(3,4)5)13-8-6-12(16)7-9-13/h6-9H,1,10H2,2-5H3. The summed E-state index contributed by atoms with van der Waals surface area (Å²) < 4.78 is 5.40. The van der Waals surface area contributed by atoms with Crippen LogP contribution in [-0.2, 0) is 4.74 Å². The van der Waals surface area contributed by atoms with Gasteiger partial charge in [0.05, 0.1) is 0 Å². The van der Waals surface area contributed by atoms with E-state index in [1.165, 1.54) is 0 Å². The molecule has 0 radical (unpaired) electrons. The van der Waals surface area contributed by atoms with Crippen molar-refractivity contribution in [2.75, 3.05) is 11.4 Å². The van der Waals surface area contributed by atoms with Crippen molar-refractivity contribution < 1.29 is 9.53 Å². The Labute approximate surface area is 119 Å². The van der Waals surface area contributed by atoms with Gasteiger partial charge >= 0.3 is 6.09 Å². The Morgan fingerprint density at radius 3 is 2.26 bits per heavy atom. The molecule has 0 unspecified atom stereocenters. The molecule has 0 aromatic heterocycles. The second-order valence-corrected chi connectivity index (χ2v) is 5.94. The summed E-state index contributed by atoms with van der Waals surface area (Å²) in [5.74, 6) is 0. The van der Waals surface area contributed by atoms with Gasteiger partial charge in [-0.3, -0.25) is 4.90 Å². The van der Waals surface area contributed by atoms with Crippen LogP contribution in [-0.4, -0.2) is 18.2 Å². The van der Waals surface area contributed by atoms with Gasteiger partial charge in [0.15, 0.2) is 0 Å². The number of anilines is 1. The van der Waals surface area contributed by atoms with Crippen LogP contribution >= 0.6 is 11.6 Å². The van der Waals surface area contributed by atoms with E-state index in [0.29, 0.717) is 11.6 Å². The van der Waals surface area contributed by atoms with Crippen LogP contribution in [0, 0.1) is 0 Å². The lowest BCUT2D eigenvalue weighted by Crippen LogP contribution is -2.37. The van der Waals surface area contributed by atoms with Crippen LogP contribution in [0.5, 0.6) is 0 Å². The minimum Gasteiger partial charge on any atom is -0.443 e. The quantitative estimate of drug-likeness (QED) is 0.754. The first kappa shape index (κ1) is 15.6. The van der Waals surface area contributed by atoms with Crippen molar-refractivity contribution in [2.24, 2.45) is 0 Å². The second kappa shape index (κ2) is 6.11. The topological polar surface area (TPSA) is 29.5 Å². The van der Waals surface area contributed by atoms with E-state index in [1.807, 2.05) is 27.7 Å². The number of amides is 1.